The molecule has 6 nitrogen and oxygen atoms in total. The highest BCUT2D eigenvalue weighted by molar-refractivity contribution is 7.99. The van der Waals surface area contributed by atoms with Crippen molar-refractivity contribution in [1.82, 2.24) is 10.9 Å². The van der Waals surface area contributed by atoms with Gasteiger partial charge in [0.1, 0.15) is 0 Å². The van der Waals surface area contributed by atoms with Crippen LogP contribution in [-0.2, 0) is 10.5 Å². The number of fused-ring (bicyclic) bond motifs is 1. The Hall–Kier alpha value is -2.38. The summed E-state index contributed by atoms with van der Waals surface area (Å²) in [6, 6.07) is 12.3. The minimum absolute atomic E-state index is 0.139. The SMILES string of the molecule is O=C(CSCc1ccccc1Cl)NNC(=O)c1ccc2c(c1)OCO2. The summed E-state index contributed by atoms with van der Waals surface area (Å²) in [6.45, 7) is 0.139. The number of ether oxygens (including phenoxy) is 2. The molecule has 1 aliphatic rings. The van der Waals surface area contributed by atoms with Crippen LogP contribution in [0.25, 0.3) is 0 Å². The third kappa shape index (κ3) is 4.58. The lowest BCUT2D eigenvalue weighted by Gasteiger charge is -2.08. The van der Waals surface area contributed by atoms with Crippen molar-refractivity contribution in [3.8, 4) is 11.5 Å². The Morgan fingerprint density at radius 3 is 2.72 bits per heavy atom. The van der Waals surface area contributed by atoms with Gasteiger partial charge in [-0.15, -0.1) is 11.8 Å². The molecule has 0 saturated carbocycles. The Bertz CT molecular complexity index is 800. The average Bonchev–Trinajstić information content (AvgIpc) is 3.09. The normalized spacial score (nSPS) is 11.9. The number of hydrogen-bond donors (Lipinski definition) is 2. The van der Waals surface area contributed by atoms with Crippen LogP contribution in [0.4, 0.5) is 0 Å². The Kier molecular flexibility index (Phi) is 5.67. The van der Waals surface area contributed by atoms with Crippen LogP contribution in [0.1, 0.15) is 15.9 Å². The summed E-state index contributed by atoms with van der Waals surface area (Å²) in [5.41, 5.74) is 6.09. The lowest BCUT2D eigenvalue weighted by molar-refractivity contribution is -0.119. The van der Waals surface area contributed by atoms with Crippen molar-refractivity contribution in [3.63, 3.8) is 0 Å². The first-order chi connectivity index (χ1) is 12.1. The molecule has 0 aromatic heterocycles. The predicted octanol–water partition coefficient (Wildman–Crippen LogP) is 2.76. The summed E-state index contributed by atoms with van der Waals surface area (Å²) in [5, 5.41) is 0.673. The van der Waals surface area contributed by atoms with E-state index < -0.39 is 5.91 Å². The number of rotatable bonds is 5. The molecule has 0 spiro atoms. The van der Waals surface area contributed by atoms with Crippen molar-refractivity contribution in [2.24, 2.45) is 0 Å². The fourth-order valence-corrected chi connectivity index (χ4v) is 3.25. The highest BCUT2D eigenvalue weighted by Gasteiger charge is 2.16. The first-order valence-electron chi connectivity index (χ1n) is 7.43. The van der Waals surface area contributed by atoms with Gasteiger partial charge in [-0.3, -0.25) is 20.4 Å². The van der Waals surface area contributed by atoms with E-state index >= 15 is 0 Å². The predicted molar refractivity (Wildman–Crippen MR) is 95.8 cm³/mol. The molecule has 2 N–H and O–H groups in total. The van der Waals surface area contributed by atoms with Gasteiger partial charge in [0.05, 0.1) is 5.75 Å². The zero-order valence-electron chi connectivity index (χ0n) is 13.1. The van der Waals surface area contributed by atoms with Gasteiger partial charge in [-0.25, -0.2) is 0 Å². The van der Waals surface area contributed by atoms with Crippen molar-refractivity contribution in [1.29, 1.82) is 0 Å². The second-order valence-electron chi connectivity index (χ2n) is 5.15. The third-order valence-electron chi connectivity index (χ3n) is 3.40. The van der Waals surface area contributed by atoms with Crippen LogP contribution in [-0.4, -0.2) is 24.4 Å². The van der Waals surface area contributed by atoms with E-state index in [0.29, 0.717) is 27.8 Å². The van der Waals surface area contributed by atoms with E-state index in [9.17, 15) is 9.59 Å². The summed E-state index contributed by atoms with van der Waals surface area (Å²) in [4.78, 5) is 23.9. The molecule has 0 fully saturated rings. The maximum Gasteiger partial charge on any atom is 0.269 e. The molecule has 0 unspecified atom stereocenters. The van der Waals surface area contributed by atoms with Gasteiger partial charge in [0.15, 0.2) is 11.5 Å². The molecule has 2 amide bonds. The van der Waals surface area contributed by atoms with Gasteiger partial charge in [0, 0.05) is 16.3 Å². The first-order valence-corrected chi connectivity index (χ1v) is 8.97. The van der Waals surface area contributed by atoms with E-state index in [1.54, 1.807) is 18.2 Å². The first kappa shape index (κ1) is 17.4. The smallest absolute Gasteiger partial charge is 0.269 e. The number of amides is 2. The van der Waals surface area contributed by atoms with Crippen LogP contribution in [0.2, 0.25) is 5.02 Å². The van der Waals surface area contributed by atoms with Gasteiger partial charge in [-0.1, -0.05) is 29.8 Å². The number of hydrogen-bond acceptors (Lipinski definition) is 5. The lowest BCUT2D eigenvalue weighted by Crippen LogP contribution is -2.42. The van der Waals surface area contributed by atoms with E-state index in [0.717, 1.165) is 5.56 Å². The van der Waals surface area contributed by atoms with Crippen molar-refractivity contribution < 1.29 is 19.1 Å². The summed E-state index contributed by atoms with van der Waals surface area (Å²) in [5.74, 6) is 1.19. The van der Waals surface area contributed by atoms with Gasteiger partial charge in [-0.2, -0.15) is 0 Å². The minimum atomic E-state index is -0.428. The van der Waals surface area contributed by atoms with E-state index in [4.69, 9.17) is 21.1 Å². The highest BCUT2D eigenvalue weighted by atomic mass is 35.5. The molecule has 1 aliphatic heterocycles. The summed E-state index contributed by atoms with van der Waals surface area (Å²) in [7, 11) is 0. The minimum Gasteiger partial charge on any atom is -0.454 e. The number of carbonyl (C=O) groups is 2. The fourth-order valence-electron chi connectivity index (χ4n) is 2.14. The van der Waals surface area contributed by atoms with E-state index in [2.05, 4.69) is 10.9 Å². The molecule has 0 radical (unpaired) electrons. The van der Waals surface area contributed by atoms with Crippen molar-refractivity contribution in [2.75, 3.05) is 12.5 Å². The van der Waals surface area contributed by atoms with Crippen LogP contribution in [0, 0.1) is 0 Å². The Balaban J connectivity index is 1.43. The number of carbonyl (C=O) groups excluding carboxylic acids is 2. The zero-order valence-corrected chi connectivity index (χ0v) is 14.7. The van der Waals surface area contributed by atoms with Gasteiger partial charge >= 0.3 is 0 Å². The van der Waals surface area contributed by atoms with Crippen LogP contribution in [0.15, 0.2) is 42.5 Å². The lowest BCUT2D eigenvalue weighted by atomic mass is 10.2. The molecule has 0 aliphatic carbocycles. The molecular formula is C17H15ClN2O4S. The van der Waals surface area contributed by atoms with Crippen LogP contribution in [0.5, 0.6) is 11.5 Å². The van der Waals surface area contributed by atoms with Crippen LogP contribution >= 0.6 is 23.4 Å². The standard InChI is InChI=1S/C17H15ClN2O4S/c18-13-4-2-1-3-12(13)8-25-9-16(21)19-20-17(22)11-5-6-14-15(7-11)24-10-23-14/h1-7H,8-10H2,(H,19,21)(H,20,22). The summed E-state index contributed by atoms with van der Waals surface area (Å²) < 4.78 is 10.4. The van der Waals surface area contributed by atoms with E-state index in [1.807, 2.05) is 24.3 Å². The van der Waals surface area contributed by atoms with Gasteiger partial charge in [0.25, 0.3) is 5.91 Å². The van der Waals surface area contributed by atoms with Crippen LogP contribution < -0.4 is 20.3 Å². The molecule has 0 bridgehead atoms. The number of nitrogens with one attached hydrogen (secondary N) is 2. The summed E-state index contributed by atoms with van der Waals surface area (Å²) >= 11 is 7.47. The third-order valence-corrected chi connectivity index (χ3v) is 4.75. The Morgan fingerprint density at radius 2 is 1.88 bits per heavy atom. The van der Waals surface area contributed by atoms with E-state index in [-0.39, 0.29) is 18.5 Å². The number of halogens is 1. The second-order valence-corrected chi connectivity index (χ2v) is 6.55. The molecule has 2 aromatic carbocycles. The van der Waals surface area contributed by atoms with E-state index in [1.165, 1.54) is 11.8 Å². The average molecular weight is 379 g/mol. The topological polar surface area (TPSA) is 76.7 Å². The molecule has 2 aromatic rings. The number of thioether (sulfide) groups is 1. The molecule has 3 rings (SSSR count). The van der Waals surface area contributed by atoms with Crippen LogP contribution in [0.3, 0.4) is 0 Å². The Labute approximate surface area is 153 Å². The molecule has 0 saturated heterocycles. The van der Waals surface area contributed by atoms with Gasteiger partial charge < -0.3 is 9.47 Å². The van der Waals surface area contributed by atoms with Gasteiger partial charge in [0.2, 0.25) is 12.7 Å². The molecule has 0 atom stereocenters. The van der Waals surface area contributed by atoms with Gasteiger partial charge in [-0.05, 0) is 29.8 Å². The maximum atomic E-state index is 12.0. The zero-order chi connectivity index (χ0) is 17.6. The maximum absolute atomic E-state index is 12.0. The second kappa shape index (κ2) is 8.13. The number of hydrazine groups is 1. The quantitative estimate of drug-likeness (QED) is 0.782. The van der Waals surface area contributed by atoms with Crippen molar-refractivity contribution >= 4 is 35.2 Å². The van der Waals surface area contributed by atoms with Crippen molar-refractivity contribution in [3.05, 3.63) is 58.6 Å². The monoisotopic (exact) mass is 378 g/mol. The fraction of sp³-hybridized carbons (Fsp3) is 0.176. The molecule has 1 heterocycles. The molecular weight excluding hydrogens is 364 g/mol. The largest absolute Gasteiger partial charge is 0.454 e. The number of benzene rings is 2. The summed E-state index contributed by atoms with van der Waals surface area (Å²) in [6.07, 6.45) is 0. The molecule has 25 heavy (non-hydrogen) atoms. The highest BCUT2D eigenvalue weighted by Crippen LogP contribution is 2.32. The molecule has 130 valence electrons. The van der Waals surface area contributed by atoms with Crippen molar-refractivity contribution in [2.45, 2.75) is 5.75 Å². The Morgan fingerprint density at radius 1 is 1.08 bits per heavy atom. The molecule has 8 heteroatoms.